The smallest absolute Gasteiger partial charge is 0.416 e. The van der Waals surface area contributed by atoms with Gasteiger partial charge in [-0.3, -0.25) is 14.5 Å². The van der Waals surface area contributed by atoms with Gasteiger partial charge in [0.1, 0.15) is 0 Å². The second-order valence-corrected chi connectivity index (χ2v) is 9.91. The molecule has 0 bridgehead atoms. The molecule has 0 aliphatic carbocycles. The van der Waals surface area contributed by atoms with Crippen LogP contribution in [0.1, 0.15) is 94.2 Å². The molecule has 2 rings (SSSR count). The Bertz CT molecular complexity index is 960. The number of carbonyl (C=O) groups excluding carboxylic acids is 1. The number of unbranched alkanes of at least 4 members (excludes halogenated alkanes) is 9. The first-order valence-corrected chi connectivity index (χ1v) is 13.7. The van der Waals surface area contributed by atoms with Crippen molar-refractivity contribution in [3.05, 3.63) is 65.2 Å². The van der Waals surface area contributed by atoms with E-state index in [1.165, 1.54) is 57.1 Å². The minimum Gasteiger partial charge on any atom is -0.480 e. The molecule has 0 unspecified atom stereocenters. The monoisotopic (exact) mass is 534 g/mol. The van der Waals surface area contributed by atoms with E-state index in [9.17, 15) is 27.9 Å². The highest BCUT2D eigenvalue weighted by Crippen LogP contribution is 2.29. The molecule has 0 radical (unpaired) electrons. The third kappa shape index (κ3) is 13.1. The van der Waals surface area contributed by atoms with Crippen molar-refractivity contribution in [2.24, 2.45) is 0 Å². The third-order valence-corrected chi connectivity index (χ3v) is 6.45. The van der Waals surface area contributed by atoms with Gasteiger partial charge < -0.3 is 10.4 Å². The number of rotatable bonds is 18. The molecule has 0 spiro atoms. The highest BCUT2D eigenvalue weighted by Gasteiger charge is 2.30. The minimum atomic E-state index is -4.41. The summed E-state index contributed by atoms with van der Waals surface area (Å²) in [4.78, 5) is 25.2. The molecule has 5 nitrogen and oxygen atoms in total. The zero-order chi connectivity index (χ0) is 27.8. The minimum absolute atomic E-state index is 0.0212. The van der Waals surface area contributed by atoms with Gasteiger partial charge in [-0.25, -0.2) is 0 Å². The Morgan fingerprint density at radius 1 is 0.763 bits per heavy atom. The fourth-order valence-electron chi connectivity index (χ4n) is 4.36. The van der Waals surface area contributed by atoms with Gasteiger partial charge in [0.2, 0.25) is 5.91 Å². The van der Waals surface area contributed by atoms with Gasteiger partial charge >= 0.3 is 12.1 Å². The lowest BCUT2D eigenvalue weighted by atomic mass is 10.1. The van der Waals surface area contributed by atoms with E-state index in [1.54, 1.807) is 17.0 Å². The van der Waals surface area contributed by atoms with Crippen molar-refractivity contribution in [3.63, 3.8) is 0 Å². The average molecular weight is 535 g/mol. The molecular formula is C30H41F3N2O3. The molecule has 0 aromatic heterocycles. The zero-order valence-corrected chi connectivity index (χ0v) is 22.4. The van der Waals surface area contributed by atoms with E-state index in [2.05, 4.69) is 12.2 Å². The number of carboxylic acids is 1. The van der Waals surface area contributed by atoms with Crippen LogP contribution in [0.5, 0.6) is 0 Å². The van der Waals surface area contributed by atoms with Crippen LogP contribution in [-0.4, -0.2) is 28.4 Å². The fourth-order valence-corrected chi connectivity index (χ4v) is 4.36. The summed E-state index contributed by atoms with van der Waals surface area (Å²) in [7, 11) is 0. The van der Waals surface area contributed by atoms with E-state index >= 15 is 0 Å². The van der Waals surface area contributed by atoms with Crippen molar-refractivity contribution in [1.29, 1.82) is 0 Å². The Hall–Kier alpha value is -2.87. The van der Waals surface area contributed by atoms with Crippen LogP contribution in [0, 0.1) is 0 Å². The molecule has 0 fully saturated rings. The number of anilines is 1. The number of amides is 1. The maximum absolute atomic E-state index is 12.8. The van der Waals surface area contributed by atoms with Crippen molar-refractivity contribution in [3.8, 4) is 0 Å². The summed E-state index contributed by atoms with van der Waals surface area (Å²) in [6.07, 6.45) is 8.22. The van der Waals surface area contributed by atoms with Crippen molar-refractivity contribution in [2.75, 3.05) is 11.9 Å². The summed E-state index contributed by atoms with van der Waals surface area (Å²) in [5.74, 6) is -1.04. The van der Waals surface area contributed by atoms with Gasteiger partial charge in [0.05, 0.1) is 12.1 Å². The largest absolute Gasteiger partial charge is 0.480 e. The van der Waals surface area contributed by atoms with Gasteiger partial charge in [-0.15, -0.1) is 0 Å². The van der Waals surface area contributed by atoms with Crippen molar-refractivity contribution >= 4 is 17.6 Å². The van der Waals surface area contributed by atoms with Gasteiger partial charge in [-0.2, -0.15) is 13.2 Å². The quantitative estimate of drug-likeness (QED) is 0.190. The number of halogens is 3. The van der Waals surface area contributed by atoms with Crippen molar-refractivity contribution < 1.29 is 27.9 Å². The zero-order valence-electron chi connectivity index (χ0n) is 22.4. The van der Waals surface area contributed by atoms with Crippen LogP contribution in [0.15, 0.2) is 48.5 Å². The molecule has 0 saturated heterocycles. The fraction of sp³-hybridized carbons (Fsp3) is 0.533. The first-order valence-electron chi connectivity index (χ1n) is 13.7. The number of benzene rings is 2. The molecule has 0 atom stereocenters. The number of nitrogens with one attached hydrogen (secondary N) is 1. The maximum atomic E-state index is 12.8. The summed E-state index contributed by atoms with van der Waals surface area (Å²) in [5, 5.41) is 12.2. The summed E-state index contributed by atoms with van der Waals surface area (Å²) in [5.41, 5.74) is 1.37. The van der Waals surface area contributed by atoms with Crippen LogP contribution in [0.2, 0.25) is 0 Å². The molecular weight excluding hydrogens is 493 g/mol. The molecule has 0 saturated carbocycles. The first kappa shape index (κ1) is 31.3. The van der Waals surface area contributed by atoms with Gasteiger partial charge in [-0.1, -0.05) is 89.0 Å². The Morgan fingerprint density at radius 2 is 1.24 bits per heavy atom. The van der Waals surface area contributed by atoms with E-state index in [0.29, 0.717) is 24.2 Å². The Morgan fingerprint density at radius 3 is 1.71 bits per heavy atom. The average Bonchev–Trinajstić information content (AvgIpc) is 2.86. The number of aliphatic carboxylic acids is 1. The SMILES string of the molecule is CCCCCCCCCCCCC(=O)Nc1ccc(CN(CC(=O)O)Cc2ccc(C(F)(F)F)cc2)cc1. The van der Waals surface area contributed by atoms with Gasteiger partial charge in [-0.05, 0) is 41.8 Å². The van der Waals surface area contributed by atoms with E-state index in [-0.39, 0.29) is 19.0 Å². The number of alkyl halides is 3. The highest BCUT2D eigenvalue weighted by molar-refractivity contribution is 5.90. The second-order valence-electron chi connectivity index (χ2n) is 9.91. The molecule has 38 heavy (non-hydrogen) atoms. The van der Waals surface area contributed by atoms with Gasteiger partial charge in [0, 0.05) is 25.2 Å². The highest BCUT2D eigenvalue weighted by atomic mass is 19.4. The number of hydrogen-bond donors (Lipinski definition) is 2. The van der Waals surface area contributed by atoms with Crippen LogP contribution in [0.4, 0.5) is 18.9 Å². The number of carbonyl (C=O) groups is 2. The van der Waals surface area contributed by atoms with Crippen molar-refractivity contribution in [2.45, 2.75) is 96.8 Å². The molecule has 2 N–H and O–H groups in total. The lowest BCUT2D eigenvalue weighted by molar-refractivity contribution is -0.139. The molecule has 2 aromatic rings. The summed E-state index contributed by atoms with van der Waals surface area (Å²) in [6.45, 7) is 2.47. The topological polar surface area (TPSA) is 69.6 Å². The molecule has 0 heterocycles. The van der Waals surface area contributed by atoms with Crippen LogP contribution in [0.25, 0.3) is 0 Å². The number of hydrogen-bond acceptors (Lipinski definition) is 3. The van der Waals surface area contributed by atoms with Gasteiger partial charge in [0.25, 0.3) is 0 Å². The predicted octanol–water partition coefficient (Wildman–Crippen LogP) is 8.04. The van der Waals surface area contributed by atoms with Crippen molar-refractivity contribution in [1.82, 2.24) is 4.90 Å². The standard InChI is InChI=1S/C30H41F3N2O3/c1-2-3-4-5-6-7-8-9-10-11-12-28(36)34-27-19-15-25(16-20-27)22-35(23-29(37)38)21-24-13-17-26(18-14-24)30(31,32)33/h13-20H,2-12,21-23H2,1H3,(H,34,36)(H,37,38). The Balaban J connectivity index is 1.74. The molecule has 0 aliphatic rings. The predicted molar refractivity (Wildman–Crippen MR) is 145 cm³/mol. The molecule has 2 aromatic carbocycles. The van der Waals surface area contributed by atoms with Crippen LogP contribution >= 0.6 is 0 Å². The van der Waals surface area contributed by atoms with Crippen LogP contribution in [-0.2, 0) is 28.9 Å². The lowest BCUT2D eigenvalue weighted by Gasteiger charge is -2.21. The van der Waals surface area contributed by atoms with E-state index < -0.39 is 17.7 Å². The number of carboxylic acid groups (broad SMARTS) is 1. The van der Waals surface area contributed by atoms with E-state index in [4.69, 9.17) is 0 Å². The van der Waals surface area contributed by atoms with Crippen LogP contribution in [0.3, 0.4) is 0 Å². The first-order chi connectivity index (χ1) is 18.2. The van der Waals surface area contributed by atoms with Crippen LogP contribution < -0.4 is 5.32 Å². The third-order valence-electron chi connectivity index (χ3n) is 6.45. The Labute approximate surface area is 224 Å². The summed E-state index contributed by atoms with van der Waals surface area (Å²) in [6, 6.07) is 11.9. The van der Waals surface area contributed by atoms with E-state index in [1.807, 2.05) is 12.1 Å². The molecule has 0 aliphatic heterocycles. The summed E-state index contributed by atoms with van der Waals surface area (Å²) < 4.78 is 38.4. The second kappa shape index (κ2) is 16.9. The summed E-state index contributed by atoms with van der Waals surface area (Å²) >= 11 is 0. The Kier molecular flexibility index (Phi) is 13.9. The molecule has 8 heteroatoms. The molecule has 210 valence electrons. The van der Waals surface area contributed by atoms with Gasteiger partial charge in [0.15, 0.2) is 0 Å². The molecule has 1 amide bonds. The normalized spacial score (nSPS) is 11.6. The maximum Gasteiger partial charge on any atom is 0.416 e. The van der Waals surface area contributed by atoms with E-state index in [0.717, 1.165) is 37.0 Å². The number of nitrogens with zero attached hydrogens (tertiary/aromatic N) is 1. The lowest BCUT2D eigenvalue weighted by Crippen LogP contribution is -2.29.